The van der Waals surface area contributed by atoms with Gasteiger partial charge in [-0.05, 0) is 24.0 Å². The lowest BCUT2D eigenvalue weighted by Gasteiger charge is -2.19. The van der Waals surface area contributed by atoms with Crippen LogP contribution in [0.1, 0.15) is 19.4 Å². The van der Waals surface area contributed by atoms with Gasteiger partial charge in [0.05, 0.1) is 5.69 Å². The zero-order chi connectivity index (χ0) is 17.9. The maximum absolute atomic E-state index is 4.89. The molecule has 26 heavy (non-hydrogen) atoms. The molecule has 0 aliphatic carbocycles. The number of anilines is 3. The van der Waals surface area contributed by atoms with Gasteiger partial charge in [-0.25, -0.2) is 4.98 Å². The van der Waals surface area contributed by atoms with Crippen molar-refractivity contribution < 1.29 is 0 Å². The molecule has 2 aromatic carbocycles. The van der Waals surface area contributed by atoms with Gasteiger partial charge in [0, 0.05) is 30.4 Å². The van der Waals surface area contributed by atoms with Crippen LogP contribution in [0, 0.1) is 5.92 Å². The fraction of sp³-hybridized carbons (Fsp3) is 0.273. The monoisotopic (exact) mass is 344 g/mol. The van der Waals surface area contributed by atoms with E-state index in [9.17, 15) is 0 Å². The second kappa shape index (κ2) is 7.16. The van der Waals surface area contributed by atoms with Gasteiger partial charge in [-0.3, -0.25) is 0 Å². The van der Waals surface area contributed by atoms with Crippen LogP contribution in [-0.2, 0) is 6.42 Å². The SMILES string of the molecule is CC(C)CNc1cc(-c2ccccc2)nc(N2CCc3ccccc32)n1. The van der Waals surface area contributed by atoms with E-state index in [1.165, 1.54) is 11.3 Å². The molecule has 1 aromatic heterocycles. The lowest BCUT2D eigenvalue weighted by atomic mass is 10.1. The van der Waals surface area contributed by atoms with Crippen LogP contribution in [0.4, 0.5) is 17.5 Å². The molecular formula is C22H24N4. The fourth-order valence-electron chi connectivity index (χ4n) is 3.26. The maximum Gasteiger partial charge on any atom is 0.232 e. The Morgan fingerprint density at radius 3 is 2.58 bits per heavy atom. The van der Waals surface area contributed by atoms with E-state index in [0.717, 1.165) is 42.5 Å². The number of hydrogen-bond donors (Lipinski definition) is 1. The van der Waals surface area contributed by atoms with Crippen LogP contribution in [-0.4, -0.2) is 23.1 Å². The molecule has 4 heteroatoms. The molecule has 0 saturated carbocycles. The highest BCUT2D eigenvalue weighted by Gasteiger charge is 2.23. The number of nitrogens with zero attached hydrogens (tertiary/aromatic N) is 3. The Labute approximate surface area is 154 Å². The molecule has 1 aliphatic rings. The molecule has 0 unspecified atom stereocenters. The Kier molecular flexibility index (Phi) is 4.57. The third kappa shape index (κ3) is 3.40. The molecule has 0 radical (unpaired) electrons. The Balaban J connectivity index is 1.75. The molecule has 0 atom stereocenters. The molecule has 0 spiro atoms. The molecule has 4 nitrogen and oxygen atoms in total. The van der Waals surface area contributed by atoms with Crippen LogP contribution < -0.4 is 10.2 Å². The van der Waals surface area contributed by atoms with Crippen molar-refractivity contribution in [2.24, 2.45) is 5.92 Å². The molecule has 4 rings (SSSR count). The first-order valence-electron chi connectivity index (χ1n) is 9.24. The van der Waals surface area contributed by atoms with Crippen LogP contribution in [0.5, 0.6) is 0 Å². The average molecular weight is 344 g/mol. The largest absolute Gasteiger partial charge is 0.370 e. The second-order valence-electron chi connectivity index (χ2n) is 7.11. The van der Waals surface area contributed by atoms with Gasteiger partial charge in [-0.1, -0.05) is 62.4 Å². The van der Waals surface area contributed by atoms with E-state index in [0.29, 0.717) is 5.92 Å². The summed E-state index contributed by atoms with van der Waals surface area (Å²) in [6.45, 7) is 6.20. The first-order chi connectivity index (χ1) is 12.7. The third-order valence-corrected chi connectivity index (χ3v) is 4.60. The molecule has 0 saturated heterocycles. The summed E-state index contributed by atoms with van der Waals surface area (Å²) in [5, 5.41) is 3.46. The molecule has 2 heterocycles. The Morgan fingerprint density at radius 1 is 1.00 bits per heavy atom. The molecule has 3 aromatic rings. The lowest BCUT2D eigenvalue weighted by Crippen LogP contribution is -2.18. The smallest absolute Gasteiger partial charge is 0.232 e. The molecule has 1 aliphatic heterocycles. The van der Waals surface area contributed by atoms with Crippen LogP contribution in [0.3, 0.4) is 0 Å². The standard InChI is InChI=1S/C22H24N4/c1-16(2)15-23-21-14-19(17-8-4-3-5-9-17)24-22(25-21)26-13-12-18-10-6-7-11-20(18)26/h3-11,14,16H,12-13,15H2,1-2H3,(H,23,24,25). The number of fused-ring (bicyclic) bond motifs is 1. The summed E-state index contributed by atoms with van der Waals surface area (Å²) in [5.41, 5.74) is 4.63. The number of rotatable bonds is 5. The van der Waals surface area contributed by atoms with Gasteiger partial charge in [0.2, 0.25) is 5.95 Å². The van der Waals surface area contributed by atoms with Gasteiger partial charge in [0.25, 0.3) is 0 Å². The van der Waals surface area contributed by atoms with Crippen LogP contribution in [0.2, 0.25) is 0 Å². The summed E-state index contributed by atoms with van der Waals surface area (Å²) >= 11 is 0. The van der Waals surface area contributed by atoms with Crippen molar-refractivity contribution >= 4 is 17.5 Å². The van der Waals surface area contributed by atoms with E-state index in [1.807, 2.05) is 24.3 Å². The number of aromatic nitrogens is 2. The van der Waals surface area contributed by atoms with Gasteiger partial charge in [0.15, 0.2) is 0 Å². The number of para-hydroxylation sites is 1. The second-order valence-corrected chi connectivity index (χ2v) is 7.11. The number of benzene rings is 2. The van der Waals surface area contributed by atoms with Crippen LogP contribution in [0.15, 0.2) is 60.7 Å². The van der Waals surface area contributed by atoms with Crippen molar-refractivity contribution in [2.75, 3.05) is 23.3 Å². The van der Waals surface area contributed by atoms with E-state index in [1.54, 1.807) is 0 Å². The fourth-order valence-corrected chi connectivity index (χ4v) is 3.26. The van der Waals surface area contributed by atoms with Crippen molar-refractivity contribution in [3.8, 4) is 11.3 Å². The minimum absolute atomic E-state index is 0.557. The van der Waals surface area contributed by atoms with E-state index >= 15 is 0 Å². The van der Waals surface area contributed by atoms with Crippen molar-refractivity contribution in [2.45, 2.75) is 20.3 Å². The number of nitrogens with one attached hydrogen (secondary N) is 1. The van der Waals surface area contributed by atoms with Gasteiger partial charge >= 0.3 is 0 Å². The van der Waals surface area contributed by atoms with Crippen molar-refractivity contribution in [1.29, 1.82) is 0 Å². The summed E-state index contributed by atoms with van der Waals surface area (Å²) < 4.78 is 0. The van der Waals surface area contributed by atoms with Gasteiger partial charge in [-0.2, -0.15) is 4.98 Å². The van der Waals surface area contributed by atoms with Gasteiger partial charge in [0.1, 0.15) is 5.82 Å². The molecule has 0 amide bonds. The van der Waals surface area contributed by atoms with E-state index in [2.05, 4.69) is 60.5 Å². The van der Waals surface area contributed by atoms with Gasteiger partial charge in [-0.15, -0.1) is 0 Å². The predicted octanol–water partition coefficient (Wildman–Crippen LogP) is 4.91. The van der Waals surface area contributed by atoms with E-state index < -0.39 is 0 Å². The minimum Gasteiger partial charge on any atom is -0.370 e. The highest BCUT2D eigenvalue weighted by atomic mass is 15.3. The summed E-state index contributed by atoms with van der Waals surface area (Å²) in [6, 6.07) is 20.9. The van der Waals surface area contributed by atoms with E-state index in [4.69, 9.17) is 9.97 Å². The first kappa shape index (κ1) is 16.6. The molecule has 0 bridgehead atoms. The van der Waals surface area contributed by atoms with Crippen molar-refractivity contribution in [3.63, 3.8) is 0 Å². The maximum atomic E-state index is 4.89. The summed E-state index contributed by atoms with van der Waals surface area (Å²) in [7, 11) is 0. The summed E-state index contributed by atoms with van der Waals surface area (Å²) in [6.07, 6.45) is 1.03. The molecule has 0 fully saturated rings. The Bertz CT molecular complexity index is 890. The van der Waals surface area contributed by atoms with Gasteiger partial charge < -0.3 is 10.2 Å². The average Bonchev–Trinajstić information content (AvgIpc) is 3.11. The topological polar surface area (TPSA) is 41.1 Å². The zero-order valence-corrected chi connectivity index (χ0v) is 15.3. The van der Waals surface area contributed by atoms with Crippen molar-refractivity contribution in [1.82, 2.24) is 9.97 Å². The van der Waals surface area contributed by atoms with Crippen molar-refractivity contribution in [3.05, 3.63) is 66.2 Å². The minimum atomic E-state index is 0.557. The third-order valence-electron chi connectivity index (χ3n) is 4.60. The van der Waals surface area contributed by atoms with Crippen LogP contribution >= 0.6 is 0 Å². The molecule has 132 valence electrons. The highest BCUT2D eigenvalue weighted by molar-refractivity contribution is 5.70. The summed E-state index contributed by atoms with van der Waals surface area (Å²) in [4.78, 5) is 11.9. The zero-order valence-electron chi connectivity index (χ0n) is 15.3. The summed E-state index contributed by atoms with van der Waals surface area (Å²) in [5.74, 6) is 2.20. The Morgan fingerprint density at radius 2 is 1.77 bits per heavy atom. The van der Waals surface area contributed by atoms with Crippen LogP contribution in [0.25, 0.3) is 11.3 Å². The first-order valence-corrected chi connectivity index (χ1v) is 9.24. The normalized spacial score (nSPS) is 13.1. The predicted molar refractivity (Wildman–Crippen MR) is 108 cm³/mol. The molecule has 1 N–H and O–H groups in total. The molecular weight excluding hydrogens is 320 g/mol. The number of hydrogen-bond acceptors (Lipinski definition) is 4. The quantitative estimate of drug-likeness (QED) is 0.714. The lowest BCUT2D eigenvalue weighted by molar-refractivity contribution is 0.686. The Hall–Kier alpha value is -2.88. The van der Waals surface area contributed by atoms with E-state index in [-0.39, 0.29) is 0 Å². The highest BCUT2D eigenvalue weighted by Crippen LogP contribution is 2.34.